The first-order chi connectivity index (χ1) is 13.6. The Morgan fingerprint density at radius 1 is 1.14 bits per heavy atom. The van der Waals surface area contributed by atoms with Crippen LogP contribution in [0.15, 0.2) is 23.5 Å². The number of anilines is 1. The lowest BCUT2D eigenvalue weighted by molar-refractivity contribution is -0.127. The SMILES string of the molecule is CN(C)C(=O)CN=C(NCC1CCCCC1)N1CCN(c2ncccn2)CC1. The lowest BCUT2D eigenvalue weighted by Crippen LogP contribution is -2.53. The highest BCUT2D eigenvalue weighted by Crippen LogP contribution is 2.22. The third-order valence-electron chi connectivity index (χ3n) is 5.55. The fourth-order valence-electron chi connectivity index (χ4n) is 3.75. The van der Waals surface area contributed by atoms with Crippen molar-refractivity contribution in [3.8, 4) is 0 Å². The van der Waals surface area contributed by atoms with Crippen molar-refractivity contribution < 1.29 is 4.79 Å². The van der Waals surface area contributed by atoms with Gasteiger partial charge in [0.15, 0.2) is 5.96 Å². The van der Waals surface area contributed by atoms with Gasteiger partial charge in [-0.2, -0.15) is 0 Å². The van der Waals surface area contributed by atoms with Crippen LogP contribution >= 0.6 is 0 Å². The summed E-state index contributed by atoms with van der Waals surface area (Å²) in [6.45, 7) is 4.49. The van der Waals surface area contributed by atoms with Crippen molar-refractivity contribution >= 4 is 17.8 Å². The first-order valence-electron chi connectivity index (χ1n) is 10.4. The normalized spacial score (nSPS) is 18.9. The van der Waals surface area contributed by atoms with Gasteiger partial charge in [0, 0.05) is 59.2 Å². The highest BCUT2D eigenvalue weighted by atomic mass is 16.2. The summed E-state index contributed by atoms with van der Waals surface area (Å²) < 4.78 is 0. The minimum Gasteiger partial charge on any atom is -0.356 e. The molecule has 1 saturated carbocycles. The van der Waals surface area contributed by atoms with Crippen LogP contribution in [0.3, 0.4) is 0 Å². The third-order valence-corrected chi connectivity index (χ3v) is 5.55. The van der Waals surface area contributed by atoms with Gasteiger partial charge in [-0.3, -0.25) is 4.79 Å². The summed E-state index contributed by atoms with van der Waals surface area (Å²) in [6, 6.07) is 1.83. The topological polar surface area (TPSA) is 77.0 Å². The van der Waals surface area contributed by atoms with Crippen molar-refractivity contribution in [1.82, 2.24) is 25.1 Å². The molecule has 2 aliphatic rings. The summed E-state index contributed by atoms with van der Waals surface area (Å²) in [4.78, 5) is 31.4. The molecule has 2 heterocycles. The molecular formula is C20H33N7O. The molecule has 1 aromatic heterocycles. The fraction of sp³-hybridized carbons (Fsp3) is 0.700. The van der Waals surface area contributed by atoms with Crippen LogP contribution in [0.5, 0.6) is 0 Å². The van der Waals surface area contributed by atoms with E-state index in [4.69, 9.17) is 0 Å². The van der Waals surface area contributed by atoms with Gasteiger partial charge in [0.25, 0.3) is 0 Å². The van der Waals surface area contributed by atoms with Crippen LogP contribution in [0.2, 0.25) is 0 Å². The van der Waals surface area contributed by atoms with E-state index >= 15 is 0 Å². The first kappa shape index (κ1) is 20.4. The van der Waals surface area contributed by atoms with Gasteiger partial charge in [-0.1, -0.05) is 19.3 Å². The molecule has 154 valence electrons. The van der Waals surface area contributed by atoms with Crippen LogP contribution in [0.25, 0.3) is 0 Å². The fourth-order valence-corrected chi connectivity index (χ4v) is 3.75. The molecule has 8 heteroatoms. The number of carbonyl (C=O) groups excluding carboxylic acids is 1. The van der Waals surface area contributed by atoms with Gasteiger partial charge >= 0.3 is 0 Å². The van der Waals surface area contributed by atoms with E-state index in [1.165, 1.54) is 32.1 Å². The minimum absolute atomic E-state index is 0.0216. The predicted molar refractivity (Wildman–Crippen MR) is 111 cm³/mol. The number of amides is 1. The molecule has 2 fully saturated rings. The Balaban J connectivity index is 1.59. The molecule has 1 aromatic rings. The van der Waals surface area contributed by atoms with Crippen LogP contribution in [-0.2, 0) is 4.79 Å². The molecule has 0 atom stereocenters. The molecule has 1 aliphatic heterocycles. The van der Waals surface area contributed by atoms with E-state index in [9.17, 15) is 4.79 Å². The molecule has 0 spiro atoms. The highest BCUT2D eigenvalue weighted by molar-refractivity contribution is 5.85. The maximum absolute atomic E-state index is 12.0. The molecule has 0 bridgehead atoms. The minimum atomic E-state index is 0.0216. The summed E-state index contributed by atoms with van der Waals surface area (Å²) in [5.74, 6) is 2.36. The van der Waals surface area contributed by atoms with Gasteiger partial charge in [0.2, 0.25) is 11.9 Å². The predicted octanol–water partition coefficient (Wildman–Crippen LogP) is 1.21. The number of rotatable bonds is 5. The van der Waals surface area contributed by atoms with Gasteiger partial charge in [0.05, 0.1) is 0 Å². The lowest BCUT2D eigenvalue weighted by atomic mass is 9.89. The molecule has 3 rings (SSSR count). The van der Waals surface area contributed by atoms with Crippen LogP contribution in [0.1, 0.15) is 32.1 Å². The lowest BCUT2D eigenvalue weighted by Gasteiger charge is -2.37. The van der Waals surface area contributed by atoms with Crippen LogP contribution in [0.4, 0.5) is 5.95 Å². The number of aromatic nitrogens is 2. The molecule has 8 nitrogen and oxygen atoms in total. The van der Waals surface area contributed by atoms with Crippen molar-refractivity contribution in [2.75, 3.05) is 58.3 Å². The molecule has 1 amide bonds. The standard InChI is InChI=1S/C20H33N7O/c1-25(2)18(28)16-24-20(23-15-17-7-4-3-5-8-17)27-13-11-26(12-14-27)19-21-9-6-10-22-19/h6,9-10,17H,3-5,7-8,11-16H2,1-2H3,(H,23,24). The number of likely N-dealkylation sites (N-methyl/N-ethyl adjacent to an activating group) is 1. The Kier molecular flexibility index (Phi) is 7.45. The molecular weight excluding hydrogens is 354 g/mol. The largest absolute Gasteiger partial charge is 0.356 e. The van der Waals surface area contributed by atoms with Crippen LogP contribution < -0.4 is 10.2 Å². The molecule has 1 aliphatic carbocycles. The maximum Gasteiger partial charge on any atom is 0.243 e. The van der Waals surface area contributed by atoms with E-state index in [0.29, 0.717) is 5.92 Å². The average molecular weight is 388 g/mol. The number of nitrogens with one attached hydrogen (secondary N) is 1. The number of carbonyl (C=O) groups is 1. The van der Waals surface area contributed by atoms with Crippen LogP contribution in [0, 0.1) is 5.92 Å². The smallest absolute Gasteiger partial charge is 0.243 e. The second-order valence-electron chi connectivity index (χ2n) is 7.84. The molecule has 1 N–H and O–H groups in total. The molecule has 0 aromatic carbocycles. The monoisotopic (exact) mass is 387 g/mol. The second-order valence-corrected chi connectivity index (χ2v) is 7.84. The molecule has 0 radical (unpaired) electrons. The molecule has 1 saturated heterocycles. The first-order valence-corrected chi connectivity index (χ1v) is 10.4. The zero-order valence-corrected chi connectivity index (χ0v) is 17.2. The van der Waals surface area contributed by atoms with E-state index in [0.717, 1.165) is 44.6 Å². The van der Waals surface area contributed by atoms with Crippen molar-refractivity contribution in [1.29, 1.82) is 0 Å². The van der Waals surface area contributed by atoms with Gasteiger partial charge in [-0.25, -0.2) is 15.0 Å². The van der Waals surface area contributed by atoms with Gasteiger partial charge < -0.3 is 20.0 Å². The quantitative estimate of drug-likeness (QED) is 0.605. The second kappa shape index (κ2) is 10.2. The van der Waals surface area contributed by atoms with E-state index in [2.05, 4.69) is 30.1 Å². The van der Waals surface area contributed by atoms with Crippen molar-refractivity contribution in [3.05, 3.63) is 18.5 Å². The Morgan fingerprint density at radius 2 is 1.82 bits per heavy atom. The van der Waals surface area contributed by atoms with Gasteiger partial charge in [-0.15, -0.1) is 0 Å². The number of nitrogens with zero attached hydrogens (tertiary/aromatic N) is 6. The number of piperazine rings is 1. The summed E-state index contributed by atoms with van der Waals surface area (Å²) in [5.41, 5.74) is 0. The number of guanidine groups is 1. The van der Waals surface area contributed by atoms with Crippen molar-refractivity contribution in [3.63, 3.8) is 0 Å². The molecule has 28 heavy (non-hydrogen) atoms. The molecule has 0 unspecified atom stereocenters. The maximum atomic E-state index is 12.0. The highest BCUT2D eigenvalue weighted by Gasteiger charge is 2.22. The van der Waals surface area contributed by atoms with E-state index in [-0.39, 0.29) is 12.5 Å². The Hall–Kier alpha value is -2.38. The zero-order chi connectivity index (χ0) is 19.8. The van der Waals surface area contributed by atoms with Crippen molar-refractivity contribution in [2.24, 2.45) is 10.9 Å². The summed E-state index contributed by atoms with van der Waals surface area (Å²) in [6.07, 6.45) is 10.1. The van der Waals surface area contributed by atoms with E-state index in [1.807, 2.05) is 6.07 Å². The van der Waals surface area contributed by atoms with Crippen LogP contribution in [-0.4, -0.2) is 85.0 Å². The number of aliphatic imine (C=N–C) groups is 1. The summed E-state index contributed by atoms with van der Waals surface area (Å²) in [7, 11) is 3.54. The average Bonchev–Trinajstić information content (AvgIpc) is 2.75. The third kappa shape index (κ3) is 5.81. The van der Waals surface area contributed by atoms with Gasteiger partial charge in [-0.05, 0) is 24.8 Å². The zero-order valence-electron chi connectivity index (χ0n) is 17.2. The Bertz CT molecular complexity index is 635. The summed E-state index contributed by atoms with van der Waals surface area (Å²) in [5, 5.41) is 3.56. The Morgan fingerprint density at radius 3 is 2.46 bits per heavy atom. The van der Waals surface area contributed by atoms with E-state index in [1.54, 1.807) is 31.4 Å². The van der Waals surface area contributed by atoms with E-state index < -0.39 is 0 Å². The van der Waals surface area contributed by atoms with Gasteiger partial charge in [0.1, 0.15) is 6.54 Å². The summed E-state index contributed by atoms with van der Waals surface area (Å²) >= 11 is 0. The Labute approximate surface area is 168 Å². The van der Waals surface area contributed by atoms with Crippen molar-refractivity contribution in [2.45, 2.75) is 32.1 Å². The number of hydrogen-bond acceptors (Lipinski definition) is 5. The number of hydrogen-bond donors (Lipinski definition) is 1.